The van der Waals surface area contributed by atoms with Gasteiger partial charge in [-0.3, -0.25) is 19.8 Å². The number of hydrogen-bond donors (Lipinski definition) is 2. The van der Waals surface area contributed by atoms with E-state index >= 15 is 0 Å². The topological polar surface area (TPSA) is 72.9 Å². The predicted octanol–water partition coefficient (Wildman–Crippen LogP) is 6.88. The molecule has 4 aromatic rings. The second-order valence-electron chi connectivity index (χ2n) is 13.3. The highest BCUT2D eigenvalue weighted by Gasteiger charge is 2.33. The number of phenols is 1. The number of benzene rings is 4. The molecule has 236 valence electrons. The number of rotatable bonds is 7. The van der Waals surface area contributed by atoms with Gasteiger partial charge in [0.2, 0.25) is 11.8 Å². The fourth-order valence-electron chi connectivity index (χ4n) is 8.14. The normalized spacial score (nSPS) is 22.0. The molecule has 0 aromatic heterocycles. The lowest BCUT2D eigenvalue weighted by molar-refractivity contribution is -0.134. The fraction of sp³-hybridized carbons (Fsp3) is 0.350. The standard InChI is InChI=1S/C40H43N3O3/c1-42(26-30-9-5-6-10-34(30)37-19-20-38(45)41-40(37)46)31-21-23-43(24-22-31)32-14-11-28(12-15-32)39-35(27-7-3-2-4-8-27)17-13-29-25-33(44)16-18-36(29)39/h2-12,14-16,18,25,31,35,37,39,44H,13,17,19-24,26H2,1H3,(H,41,45,46). The van der Waals surface area contributed by atoms with Crippen LogP contribution in [-0.2, 0) is 22.6 Å². The average Bonchev–Trinajstić information content (AvgIpc) is 3.09. The Hall–Kier alpha value is -4.42. The van der Waals surface area contributed by atoms with Crippen LogP contribution < -0.4 is 10.2 Å². The van der Waals surface area contributed by atoms with Crippen LogP contribution in [0.25, 0.3) is 0 Å². The number of imide groups is 1. The summed E-state index contributed by atoms with van der Waals surface area (Å²) in [5.41, 5.74) is 8.77. The molecule has 7 rings (SSSR count). The molecule has 0 spiro atoms. The summed E-state index contributed by atoms with van der Waals surface area (Å²) in [5.74, 6) is 0.393. The van der Waals surface area contributed by atoms with E-state index in [1.165, 1.54) is 33.5 Å². The van der Waals surface area contributed by atoms with Gasteiger partial charge in [-0.05, 0) is 103 Å². The maximum atomic E-state index is 12.6. The number of phenolic OH excluding ortho intramolecular Hbond substituents is 1. The van der Waals surface area contributed by atoms with Crippen LogP contribution in [0.1, 0.15) is 83.2 Å². The molecule has 2 heterocycles. The highest BCUT2D eigenvalue weighted by Crippen LogP contribution is 2.47. The van der Waals surface area contributed by atoms with Crippen molar-refractivity contribution >= 4 is 17.5 Å². The number of piperidine rings is 2. The molecule has 0 saturated carbocycles. The van der Waals surface area contributed by atoms with Gasteiger partial charge in [-0.1, -0.05) is 72.8 Å². The first-order valence-corrected chi connectivity index (χ1v) is 16.8. The Balaban J connectivity index is 1.02. The third kappa shape index (κ3) is 6.19. The van der Waals surface area contributed by atoms with Crippen LogP contribution in [0.15, 0.2) is 97.1 Å². The highest BCUT2D eigenvalue weighted by molar-refractivity contribution is 6.01. The van der Waals surface area contributed by atoms with Gasteiger partial charge in [-0.25, -0.2) is 0 Å². The molecule has 2 amide bonds. The van der Waals surface area contributed by atoms with Crippen LogP contribution in [-0.4, -0.2) is 48.0 Å². The minimum Gasteiger partial charge on any atom is -0.508 e. The molecule has 2 fully saturated rings. The van der Waals surface area contributed by atoms with Crippen molar-refractivity contribution in [1.29, 1.82) is 0 Å². The van der Waals surface area contributed by atoms with Crippen molar-refractivity contribution in [3.05, 3.63) is 130 Å². The number of carbonyl (C=O) groups is 2. The summed E-state index contributed by atoms with van der Waals surface area (Å²) in [6, 6.07) is 34.7. The number of hydrogen-bond acceptors (Lipinski definition) is 5. The van der Waals surface area contributed by atoms with E-state index in [0.29, 0.717) is 30.6 Å². The van der Waals surface area contributed by atoms with Gasteiger partial charge in [0.15, 0.2) is 0 Å². The van der Waals surface area contributed by atoms with Crippen LogP contribution in [0.5, 0.6) is 5.75 Å². The Bertz CT molecular complexity index is 1690. The third-order valence-corrected chi connectivity index (χ3v) is 10.6. The van der Waals surface area contributed by atoms with Crippen LogP contribution >= 0.6 is 0 Å². The summed E-state index contributed by atoms with van der Waals surface area (Å²) in [5, 5.41) is 12.7. The van der Waals surface area contributed by atoms with Crippen molar-refractivity contribution < 1.29 is 14.7 Å². The summed E-state index contributed by atoms with van der Waals surface area (Å²) in [4.78, 5) is 29.3. The Morgan fingerprint density at radius 3 is 2.28 bits per heavy atom. The molecule has 3 unspecified atom stereocenters. The van der Waals surface area contributed by atoms with E-state index in [0.717, 1.165) is 50.9 Å². The first-order chi connectivity index (χ1) is 22.4. The predicted molar refractivity (Wildman–Crippen MR) is 182 cm³/mol. The monoisotopic (exact) mass is 613 g/mol. The van der Waals surface area contributed by atoms with Crippen molar-refractivity contribution in [2.24, 2.45) is 0 Å². The maximum absolute atomic E-state index is 12.6. The Morgan fingerprint density at radius 2 is 1.52 bits per heavy atom. The van der Waals surface area contributed by atoms with Gasteiger partial charge >= 0.3 is 0 Å². The average molecular weight is 614 g/mol. The Kier molecular flexibility index (Phi) is 8.63. The summed E-state index contributed by atoms with van der Waals surface area (Å²) < 4.78 is 0. The number of anilines is 1. The molecule has 1 aliphatic carbocycles. The lowest BCUT2D eigenvalue weighted by Gasteiger charge is -2.38. The molecule has 2 aliphatic heterocycles. The van der Waals surface area contributed by atoms with Crippen LogP contribution in [0.4, 0.5) is 5.69 Å². The lowest BCUT2D eigenvalue weighted by Crippen LogP contribution is -2.43. The second-order valence-corrected chi connectivity index (χ2v) is 13.3. The van der Waals surface area contributed by atoms with E-state index in [9.17, 15) is 14.7 Å². The molecule has 6 heteroatoms. The SMILES string of the molecule is CN(Cc1ccccc1C1CCC(=O)NC1=O)C1CCN(c2ccc(C3c4ccc(O)cc4CCC3c3ccccc3)cc2)CC1. The van der Waals surface area contributed by atoms with Gasteiger partial charge in [0.25, 0.3) is 0 Å². The zero-order valence-corrected chi connectivity index (χ0v) is 26.6. The van der Waals surface area contributed by atoms with E-state index in [2.05, 4.69) is 88.9 Å². The van der Waals surface area contributed by atoms with Gasteiger partial charge in [0, 0.05) is 43.7 Å². The van der Waals surface area contributed by atoms with Crippen molar-refractivity contribution in [1.82, 2.24) is 10.2 Å². The van der Waals surface area contributed by atoms with Crippen molar-refractivity contribution in [3.8, 4) is 5.75 Å². The number of nitrogens with one attached hydrogen (secondary N) is 1. The minimum absolute atomic E-state index is 0.172. The van der Waals surface area contributed by atoms with Crippen LogP contribution in [0, 0.1) is 0 Å². The third-order valence-electron chi connectivity index (χ3n) is 10.6. The Morgan fingerprint density at radius 1 is 0.783 bits per heavy atom. The molecule has 0 radical (unpaired) electrons. The zero-order chi connectivity index (χ0) is 31.6. The minimum atomic E-state index is -0.260. The van der Waals surface area contributed by atoms with Crippen molar-refractivity contribution in [2.75, 3.05) is 25.0 Å². The second kappa shape index (κ2) is 13.1. The van der Waals surface area contributed by atoms with Gasteiger partial charge in [0.05, 0.1) is 5.92 Å². The maximum Gasteiger partial charge on any atom is 0.234 e. The molecule has 3 aliphatic rings. The van der Waals surface area contributed by atoms with Gasteiger partial charge in [-0.15, -0.1) is 0 Å². The number of aryl methyl sites for hydroxylation is 1. The van der Waals surface area contributed by atoms with Gasteiger partial charge in [0.1, 0.15) is 5.75 Å². The van der Waals surface area contributed by atoms with Crippen molar-refractivity contribution in [3.63, 3.8) is 0 Å². The first kappa shape index (κ1) is 30.2. The smallest absolute Gasteiger partial charge is 0.234 e. The van der Waals surface area contributed by atoms with E-state index in [-0.39, 0.29) is 23.7 Å². The summed E-state index contributed by atoms with van der Waals surface area (Å²) >= 11 is 0. The molecule has 4 aromatic carbocycles. The highest BCUT2D eigenvalue weighted by atomic mass is 16.3. The van der Waals surface area contributed by atoms with Gasteiger partial charge < -0.3 is 10.0 Å². The number of aromatic hydroxyl groups is 1. The molecule has 2 saturated heterocycles. The lowest BCUT2D eigenvalue weighted by atomic mass is 9.69. The van der Waals surface area contributed by atoms with E-state index < -0.39 is 0 Å². The molecule has 6 nitrogen and oxygen atoms in total. The number of fused-ring (bicyclic) bond motifs is 1. The molecule has 2 N–H and O–H groups in total. The molecule has 46 heavy (non-hydrogen) atoms. The summed E-state index contributed by atoms with van der Waals surface area (Å²) in [6.45, 7) is 2.79. The van der Waals surface area contributed by atoms with E-state index in [1.54, 1.807) is 0 Å². The molecular weight excluding hydrogens is 570 g/mol. The first-order valence-electron chi connectivity index (χ1n) is 16.8. The van der Waals surface area contributed by atoms with E-state index in [4.69, 9.17) is 0 Å². The van der Waals surface area contributed by atoms with E-state index in [1.807, 2.05) is 30.3 Å². The summed E-state index contributed by atoms with van der Waals surface area (Å²) in [6.07, 6.45) is 5.16. The van der Waals surface area contributed by atoms with Crippen molar-refractivity contribution in [2.45, 2.75) is 68.9 Å². The quantitative estimate of drug-likeness (QED) is 0.223. The molecule has 0 bridgehead atoms. The zero-order valence-electron chi connectivity index (χ0n) is 26.6. The van der Waals surface area contributed by atoms with Gasteiger partial charge in [-0.2, -0.15) is 0 Å². The number of amides is 2. The fourth-order valence-corrected chi connectivity index (χ4v) is 8.14. The number of carbonyl (C=O) groups excluding carboxylic acids is 2. The molecule has 3 atom stereocenters. The largest absolute Gasteiger partial charge is 0.508 e. The molecular formula is C40H43N3O3. The van der Waals surface area contributed by atoms with Crippen LogP contribution in [0.3, 0.4) is 0 Å². The number of nitrogens with zero attached hydrogens (tertiary/aromatic N) is 2. The van der Waals surface area contributed by atoms with Crippen LogP contribution in [0.2, 0.25) is 0 Å². The Labute approximate surface area is 272 Å². The summed E-state index contributed by atoms with van der Waals surface area (Å²) in [7, 11) is 2.20.